The molecule has 0 aliphatic carbocycles. The van der Waals surface area contributed by atoms with E-state index in [2.05, 4.69) is 0 Å². The van der Waals surface area contributed by atoms with Gasteiger partial charge in [0.15, 0.2) is 6.04 Å². The van der Waals surface area contributed by atoms with Crippen molar-refractivity contribution < 1.29 is 24.2 Å². The minimum Gasteiger partial charge on any atom is -0.508 e. The molecule has 0 radical (unpaired) electrons. The first-order valence-corrected chi connectivity index (χ1v) is 8.42. The Morgan fingerprint density at radius 2 is 1.68 bits per heavy atom. The molecule has 0 fully saturated rings. The van der Waals surface area contributed by atoms with E-state index in [-0.39, 0.29) is 5.75 Å². The molecule has 1 unspecified atom stereocenters. The van der Waals surface area contributed by atoms with Crippen LogP contribution in [0.5, 0.6) is 5.75 Å². The molecule has 6 heteroatoms. The van der Waals surface area contributed by atoms with Crippen LogP contribution in [0.2, 0.25) is 0 Å². The van der Waals surface area contributed by atoms with Gasteiger partial charge < -0.3 is 14.6 Å². The summed E-state index contributed by atoms with van der Waals surface area (Å²) >= 11 is 0. The molecule has 1 N–H and O–H groups in total. The van der Waals surface area contributed by atoms with Crippen molar-refractivity contribution in [2.75, 3.05) is 6.54 Å². The normalized spacial score (nSPS) is 17.7. The zero-order valence-corrected chi connectivity index (χ0v) is 15.8. The Kier molecular flexibility index (Phi) is 5.02. The Bertz CT molecular complexity index is 669. The van der Waals surface area contributed by atoms with E-state index in [1.165, 1.54) is 11.0 Å². The van der Waals surface area contributed by atoms with Crippen LogP contribution in [-0.2, 0) is 20.7 Å². The molecule has 6 nitrogen and oxygen atoms in total. The van der Waals surface area contributed by atoms with Gasteiger partial charge in [-0.1, -0.05) is 6.07 Å². The highest BCUT2D eigenvalue weighted by Gasteiger charge is 2.40. The third-order valence-electron chi connectivity index (χ3n) is 3.62. The van der Waals surface area contributed by atoms with E-state index >= 15 is 0 Å². The first-order valence-electron chi connectivity index (χ1n) is 8.42. The van der Waals surface area contributed by atoms with E-state index < -0.39 is 29.3 Å². The van der Waals surface area contributed by atoms with Crippen molar-refractivity contribution in [1.29, 1.82) is 0 Å². The molecule has 1 amide bonds. The zero-order chi connectivity index (χ0) is 19.0. The fraction of sp³-hybridized carbons (Fsp3) is 0.579. The number of fused-ring (bicyclic) bond motifs is 1. The summed E-state index contributed by atoms with van der Waals surface area (Å²) in [6.45, 7) is 11.0. The summed E-state index contributed by atoms with van der Waals surface area (Å²) < 4.78 is 11.0. The zero-order valence-electron chi connectivity index (χ0n) is 15.8. The van der Waals surface area contributed by atoms with Crippen LogP contribution in [-0.4, -0.2) is 39.8 Å². The maximum absolute atomic E-state index is 12.8. The number of carbonyl (C=O) groups is 2. The van der Waals surface area contributed by atoms with Gasteiger partial charge in [0.05, 0.1) is 0 Å². The van der Waals surface area contributed by atoms with Crippen LogP contribution in [0.4, 0.5) is 4.79 Å². The number of hydrogen-bond acceptors (Lipinski definition) is 5. The molecule has 1 aromatic carbocycles. The third-order valence-corrected chi connectivity index (χ3v) is 3.62. The summed E-state index contributed by atoms with van der Waals surface area (Å²) in [7, 11) is 0. The number of carbonyl (C=O) groups excluding carboxylic acids is 2. The van der Waals surface area contributed by atoms with Gasteiger partial charge in [0.25, 0.3) is 0 Å². The van der Waals surface area contributed by atoms with Crippen molar-refractivity contribution in [2.24, 2.45) is 0 Å². The van der Waals surface area contributed by atoms with Crippen LogP contribution in [0.25, 0.3) is 0 Å². The molecule has 1 atom stereocenters. The first-order chi connectivity index (χ1) is 11.4. The summed E-state index contributed by atoms with van der Waals surface area (Å²) in [4.78, 5) is 26.8. The summed E-state index contributed by atoms with van der Waals surface area (Å²) in [5.41, 5.74) is 0.125. The lowest BCUT2D eigenvalue weighted by atomic mass is 9.92. The Balaban J connectivity index is 2.42. The van der Waals surface area contributed by atoms with Gasteiger partial charge in [0.1, 0.15) is 17.0 Å². The van der Waals surface area contributed by atoms with Gasteiger partial charge in [0, 0.05) is 6.54 Å². The number of esters is 1. The number of hydrogen-bond donors (Lipinski definition) is 1. The molecular weight excluding hydrogens is 322 g/mol. The molecule has 0 aromatic heterocycles. The van der Waals surface area contributed by atoms with Crippen LogP contribution < -0.4 is 0 Å². The molecule has 0 bridgehead atoms. The molecule has 0 saturated carbocycles. The van der Waals surface area contributed by atoms with Crippen molar-refractivity contribution in [1.82, 2.24) is 4.90 Å². The minimum absolute atomic E-state index is 0.0401. The third kappa shape index (κ3) is 4.87. The number of ether oxygens (including phenoxy) is 2. The molecular formula is C19H27NO5. The van der Waals surface area contributed by atoms with E-state index in [9.17, 15) is 14.7 Å². The second-order valence-electron chi connectivity index (χ2n) is 8.24. The largest absolute Gasteiger partial charge is 0.508 e. The second-order valence-corrected chi connectivity index (χ2v) is 8.24. The lowest BCUT2D eigenvalue weighted by Gasteiger charge is -2.37. The first kappa shape index (κ1) is 19.1. The summed E-state index contributed by atoms with van der Waals surface area (Å²) in [6.07, 6.45) is 0.00564. The van der Waals surface area contributed by atoms with Gasteiger partial charge in [-0.2, -0.15) is 0 Å². The smallest absolute Gasteiger partial charge is 0.411 e. The fourth-order valence-electron chi connectivity index (χ4n) is 2.73. The molecule has 1 aliphatic rings. The maximum atomic E-state index is 12.8. The monoisotopic (exact) mass is 349 g/mol. The second kappa shape index (κ2) is 6.58. The number of aromatic hydroxyl groups is 1. The Hall–Kier alpha value is -2.24. The molecule has 0 spiro atoms. The standard InChI is InChI=1S/C19H27NO5/c1-18(2,3)24-16(22)15-14-11-13(21)8-7-12(14)9-10-20(15)17(23)25-19(4,5)6/h7-8,11,15,21H,9-10H2,1-6H3. The van der Waals surface area contributed by atoms with Gasteiger partial charge in [-0.15, -0.1) is 0 Å². The molecule has 2 rings (SSSR count). The number of amides is 1. The van der Waals surface area contributed by atoms with Gasteiger partial charge in [0.2, 0.25) is 0 Å². The summed E-state index contributed by atoms with van der Waals surface area (Å²) in [6, 6.07) is 3.92. The van der Waals surface area contributed by atoms with Crippen molar-refractivity contribution >= 4 is 12.1 Å². The Morgan fingerprint density at radius 1 is 1.08 bits per heavy atom. The lowest BCUT2D eigenvalue weighted by molar-refractivity contribution is -0.162. The Labute approximate surface area is 148 Å². The van der Waals surface area contributed by atoms with Crippen molar-refractivity contribution in [3.05, 3.63) is 29.3 Å². The molecule has 0 saturated heterocycles. The van der Waals surface area contributed by atoms with Crippen LogP contribution in [0.1, 0.15) is 58.7 Å². The van der Waals surface area contributed by atoms with E-state index in [0.29, 0.717) is 18.5 Å². The molecule has 138 valence electrons. The van der Waals surface area contributed by atoms with Crippen molar-refractivity contribution in [2.45, 2.75) is 65.2 Å². The maximum Gasteiger partial charge on any atom is 0.411 e. The lowest BCUT2D eigenvalue weighted by Crippen LogP contribution is -2.47. The van der Waals surface area contributed by atoms with E-state index in [1.807, 2.05) is 0 Å². The fourth-order valence-corrected chi connectivity index (χ4v) is 2.73. The SMILES string of the molecule is CC(C)(C)OC(=O)C1c2cc(O)ccc2CCN1C(=O)OC(C)(C)C. The van der Waals surface area contributed by atoms with E-state index in [4.69, 9.17) is 9.47 Å². The predicted molar refractivity (Wildman–Crippen MR) is 93.3 cm³/mol. The molecule has 25 heavy (non-hydrogen) atoms. The molecule has 1 aliphatic heterocycles. The molecule has 1 aromatic rings. The van der Waals surface area contributed by atoms with Crippen LogP contribution in [0.3, 0.4) is 0 Å². The van der Waals surface area contributed by atoms with Gasteiger partial charge in [-0.25, -0.2) is 9.59 Å². The number of phenolic OH excluding ortho intramolecular Hbond substituents is 1. The van der Waals surface area contributed by atoms with Gasteiger partial charge >= 0.3 is 12.1 Å². The number of rotatable bonds is 1. The van der Waals surface area contributed by atoms with Gasteiger partial charge in [-0.3, -0.25) is 4.90 Å². The quantitative estimate of drug-likeness (QED) is 0.785. The molecule has 1 heterocycles. The summed E-state index contributed by atoms with van der Waals surface area (Å²) in [5, 5.41) is 9.84. The van der Waals surface area contributed by atoms with Crippen molar-refractivity contribution in [3.8, 4) is 5.75 Å². The highest BCUT2D eigenvalue weighted by Crippen LogP contribution is 2.35. The average Bonchev–Trinajstić information content (AvgIpc) is 2.41. The van der Waals surface area contributed by atoms with E-state index in [0.717, 1.165) is 5.56 Å². The number of benzene rings is 1. The predicted octanol–water partition coefficient (Wildman–Crippen LogP) is 3.57. The minimum atomic E-state index is -0.940. The van der Waals surface area contributed by atoms with Gasteiger partial charge in [-0.05, 0) is 71.2 Å². The summed E-state index contributed by atoms with van der Waals surface area (Å²) in [5.74, 6) is -0.497. The number of phenols is 1. The number of nitrogens with zero attached hydrogens (tertiary/aromatic N) is 1. The highest BCUT2D eigenvalue weighted by atomic mass is 16.6. The average molecular weight is 349 g/mol. The Morgan fingerprint density at radius 3 is 2.24 bits per heavy atom. The topological polar surface area (TPSA) is 76.1 Å². The van der Waals surface area contributed by atoms with Crippen LogP contribution >= 0.6 is 0 Å². The highest BCUT2D eigenvalue weighted by molar-refractivity contribution is 5.84. The van der Waals surface area contributed by atoms with E-state index in [1.54, 1.807) is 53.7 Å². The van der Waals surface area contributed by atoms with Crippen LogP contribution in [0, 0.1) is 0 Å². The van der Waals surface area contributed by atoms with Crippen molar-refractivity contribution in [3.63, 3.8) is 0 Å². The van der Waals surface area contributed by atoms with Crippen LogP contribution in [0.15, 0.2) is 18.2 Å².